The maximum absolute atomic E-state index is 8.08. The zero-order valence-electron chi connectivity index (χ0n) is 11.5. The Hall–Kier alpha value is -1.70. The topological polar surface area (TPSA) is 7.76 Å². The Kier molecular flexibility index (Phi) is 0.975. The van der Waals surface area contributed by atoms with Crippen LogP contribution < -0.4 is 9.13 Å². The Balaban J connectivity index is 2.43. The summed E-state index contributed by atoms with van der Waals surface area (Å²) in [6.45, 7) is -4.27. The zero-order valence-corrected chi connectivity index (χ0v) is 7.51. The molecule has 1 aliphatic heterocycles. The monoisotopic (exact) mass is 188 g/mol. The van der Waals surface area contributed by atoms with Crippen LogP contribution in [0.3, 0.4) is 0 Å². The molecule has 3 rings (SSSR count). The van der Waals surface area contributed by atoms with Gasteiger partial charge >= 0.3 is 0 Å². The van der Waals surface area contributed by atoms with Crippen LogP contribution in [0.4, 0.5) is 0 Å². The highest BCUT2D eigenvalue weighted by atomic mass is 15.1. The summed E-state index contributed by atoms with van der Waals surface area (Å²) in [5.41, 5.74) is 1.33. The maximum atomic E-state index is 8.08. The lowest BCUT2D eigenvalue weighted by atomic mass is 10.2. The Morgan fingerprint density at radius 3 is 1.86 bits per heavy atom. The van der Waals surface area contributed by atoms with Crippen molar-refractivity contribution in [2.45, 2.75) is 13.0 Å². The predicted octanol–water partition coefficient (Wildman–Crippen LogP) is 0.942. The smallest absolute Gasteiger partial charge is 0.187 e. The van der Waals surface area contributed by atoms with Gasteiger partial charge in [-0.1, -0.05) is 0 Å². The molecule has 2 aromatic heterocycles. The molecule has 0 saturated heterocycles. The number of aryl methyl sites for hydroxylation is 2. The Bertz CT molecular complexity index is 569. The fraction of sp³-hybridized carbons (Fsp3) is 0.167. The minimum atomic E-state index is -2.14. The average molecular weight is 188 g/mol. The average Bonchev–Trinajstić information content (AvgIpc) is 2.37. The first-order valence-corrected chi connectivity index (χ1v) is 4.49. The molecular weight excluding hydrogens is 172 g/mol. The van der Waals surface area contributed by atoms with Crippen LogP contribution in [0, 0.1) is 0 Å². The molecule has 0 aliphatic carbocycles. The number of hydrogen-bond acceptors (Lipinski definition) is 0. The molecule has 2 aromatic rings. The molecule has 2 nitrogen and oxygen atoms in total. The highest BCUT2D eigenvalue weighted by Crippen LogP contribution is 2.11. The van der Waals surface area contributed by atoms with E-state index in [2.05, 4.69) is 0 Å². The SMILES string of the molecule is [2H]C1([2H])[n+]2ccccc2-c2cccc[n+]2C1([2H])[2H]. The number of aromatic nitrogens is 2. The van der Waals surface area contributed by atoms with Gasteiger partial charge in [-0.15, -0.1) is 0 Å². The molecule has 0 unspecified atom stereocenters. The molecule has 3 heterocycles. The second-order valence-electron chi connectivity index (χ2n) is 3.14. The van der Waals surface area contributed by atoms with Crippen LogP contribution in [-0.4, -0.2) is 0 Å². The molecule has 0 radical (unpaired) electrons. The van der Waals surface area contributed by atoms with Crippen molar-refractivity contribution in [1.82, 2.24) is 0 Å². The molecule has 0 bridgehead atoms. The van der Waals surface area contributed by atoms with E-state index in [-0.39, 0.29) is 0 Å². The highest BCUT2D eigenvalue weighted by molar-refractivity contribution is 5.46. The second-order valence-corrected chi connectivity index (χ2v) is 3.14. The first-order chi connectivity index (χ1) is 8.46. The fourth-order valence-electron chi connectivity index (χ4n) is 1.61. The van der Waals surface area contributed by atoms with Crippen LogP contribution in [0.2, 0.25) is 0 Å². The lowest BCUT2D eigenvalue weighted by Gasteiger charge is -2.08. The van der Waals surface area contributed by atoms with Crippen LogP contribution in [0.1, 0.15) is 5.48 Å². The summed E-state index contributed by atoms with van der Waals surface area (Å²) in [5, 5.41) is 0. The second kappa shape index (κ2) is 2.91. The molecule has 14 heavy (non-hydrogen) atoms. The van der Waals surface area contributed by atoms with Crippen molar-refractivity contribution in [3.05, 3.63) is 48.8 Å². The largest absolute Gasteiger partial charge is 0.277 e. The molecule has 0 atom stereocenters. The summed E-state index contributed by atoms with van der Waals surface area (Å²) in [4.78, 5) is 0. The first-order valence-electron chi connectivity index (χ1n) is 6.49. The molecule has 2 heteroatoms. The van der Waals surface area contributed by atoms with Gasteiger partial charge in [0.2, 0.25) is 13.0 Å². The predicted molar refractivity (Wildman–Crippen MR) is 52.3 cm³/mol. The van der Waals surface area contributed by atoms with E-state index in [1.54, 1.807) is 36.7 Å². The van der Waals surface area contributed by atoms with Crippen molar-refractivity contribution in [1.29, 1.82) is 0 Å². The first kappa shape index (κ1) is 4.69. The van der Waals surface area contributed by atoms with E-state index in [1.165, 1.54) is 9.13 Å². The van der Waals surface area contributed by atoms with Crippen molar-refractivity contribution in [2.75, 3.05) is 0 Å². The minimum absolute atomic E-state index is 0.665. The molecule has 68 valence electrons. The molecule has 0 aromatic carbocycles. The number of pyridine rings is 2. The summed E-state index contributed by atoms with van der Waals surface area (Å²) in [6.07, 6.45) is 3.15. The minimum Gasteiger partial charge on any atom is -0.187 e. The molecule has 0 N–H and O–H groups in total. The highest BCUT2D eigenvalue weighted by Gasteiger charge is 2.27. The van der Waals surface area contributed by atoms with E-state index in [9.17, 15) is 0 Å². The van der Waals surface area contributed by atoms with Crippen LogP contribution in [0.15, 0.2) is 48.8 Å². The standard InChI is InChI=1S/C12H12N2/c1-3-7-13-9-10-14-8-4-2-6-12(14)11(13)5-1/h1-8H,9-10H2/q+2/i9D2,10D2. The molecule has 0 spiro atoms. The molecular formula is C12H12N2+2. The van der Waals surface area contributed by atoms with E-state index >= 15 is 0 Å². The summed E-state index contributed by atoms with van der Waals surface area (Å²) in [6, 6.07) is 10.6. The van der Waals surface area contributed by atoms with Crippen molar-refractivity contribution < 1.29 is 14.6 Å². The third kappa shape index (κ3) is 1.04. The van der Waals surface area contributed by atoms with E-state index in [0.29, 0.717) is 11.4 Å². The number of rotatable bonds is 0. The molecule has 1 aliphatic rings. The van der Waals surface area contributed by atoms with Crippen LogP contribution in [0.5, 0.6) is 0 Å². The third-order valence-electron chi connectivity index (χ3n) is 2.27. The van der Waals surface area contributed by atoms with Crippen LogP contribution >= 0.6 is 0 Å². The quantitative estimate of drug-likeness (QED) is 0.544. The van der Waals surface area contributed by atoms with Gasteiger partial charge in [-0.2, -0.15) is 9.13 Å². The van der Waals surface area contributed by atoms with Crippen molar-refractivity contribution in [3.8, 4) is 11.4 Å². The summed E-state index contributed by atoms with van der Waals surface area (Å²) in [7, 11) is 0. The van der Waals surface area contributed by atoms with E-state index in [4.69, 9.17) is 5.48 Å². The Labute approximate surface area is 88.7 Å². The van der Waals surface area contributed by atoms with E-state index < -0.39 is 13.0 Å². The number of fused-ring (bicyclic) bond motifs is 3. The van der Waals surface area contributed by atoms with Gasteiger partial charge in [0.1, 0.15) is 5.48 Å². The van der Waals surface area contributed by atoms with Gasteiger partial charge in [-0.25, -0.2) is 0 Å². The van der Waals surface area contributed by atoms with Crippen molar-refractivity contribution in [3.63, 3.8) is 0 Å². The fourth-order valence-corrected chi connectivity index (χ4v) is 1.61. The summed E-state index contributed by atoms with van der Waals surface area (Å²) < 4.78 is 35.0. The van der Waals surface area contributed by atoms with Gasteiger partial charge in [0, 0.05) is 24.3 Å². The van der Waals surface area contributed by atoms with Crippen LogP contribution in [-0.2, 0) is 13.0 Å². The number of hydrogen-bond donors (Lipinski definition) is 0. The van der Waals surface area contributed by atoms with Gasteiger partial charge < -0.3 is 0 Å². The van der Waals surface area contributed by atoms with Crippen molar-refractivity contribution >= 4 is 0 Å². The molecule has 0 amide bonds. The Morgan fingerprint density at radius 2 is 1.36 bits per heavy atom. The normalized spacial score (nSPS) is 24.6. The number of nitrogens with zero attached hydrogens (tertiary/aromatic N) is 2. The Morgan fingerprint density at radius 1 is 0.857 bits per heavy atom. The van der Waals surface area contributed by atoms with Gasteiger partial charge in [-0.05, 0) is 12.1 Å². The van der Waals surface area contributed by atoms with Crippen molar-refractivity contribution in [2.24, 2.45) is 0 Å². The van der Waals surface area contributed by atoms with E-state index in [0.717, 1.165) is 0 Å². The lowest BCUT2D eigenvalue weighted by molar-refractivity contribution is -0.794. The van der Waals surface area contributed by atoms with Gasteiger partial charge in [0.15, 0.2) is 12.4 Å². The maximum Gasteiger partial charge on any atom is 0.277 e. The zero-order chi connectivity index (χ0) is 13.0. The van der Waals surface area contributed by atoms with E-state index in [1.807, 2.05) is 12.1 Å². The third-order valence-corrected chi connectivity index (χ3v) is 2.27. The lowest BCUT2D eigenvalue weighted by Crippen LogP contribution is -2.52. The van der Waals surface area contributed by atoms with Gasteiger partial charge in [-0.3, -0.25) is 0 Å². The van der Waals surface area contributed by atoms with Gasteiger partial charge in [0.05, 0.1) is 0 Å². The van der Waals surface area contributed by atoms with Gasteiger partial charge in [0.25, 0.3) is 11.4 Å². The summed E-state index contributed by atoms with van der Waals surface area (Å²) in [5.74, 6) is 0. The molecule has 0 fully saturated rings. The van der Waals surface area contributed by atoms with Crippen LogP contribution in [0.25, 0.3) is 11.4 Å². The molecule has 0 saturated carbocycles. The summed E-state index contributed by atoms with van der Waals surface area (Å²) >= 11 is 0.